The summed E-state index contributed by atoms with van der Waals surface area (Å²) >= 11 is 0. The van der Waals surface area contributed by atoms with Crippen LogP contribution in [-0.2, 0) is 44.5 Å². The van der Waals surface area contributed by atoms with E-state index in [0.29, 0.717) is 13.2 Å². The van der Waals surface area contributed by atoms with E-state index in [1.54, 1.807) is 24.8 Å². The molecular formula is C16H18NO3Y-. The SMILES string of the molecule is COCCOc1ccc(-c2[c-]ccc(=O)n2C)c(C)c1.[Y]. The molecule has 21 heavy (non-hydrogen) atoms. The van der Waals surface area contributed by atoms with Crippen molar-refractivity contribution in [2.75, 3.05) is 20.3 Å². The third-order valence-corrected chi connectivity index (χ3v) is 3.12. The molecule has 5 heteroatoms. The maximum Gasteiger partial charge on any atom is 0.194 e. The predicted octanol–water partition coefficient (Wildman–Crippen LogP) is 2.18. The maximum atomic E-state index is 11.7. The molecule has 0 aliphatic heterocycles. The summed E-state index contributed by atoms with van der Waals surface area (Å²) in [6.45, 7) is 3.07. The van der Waals surface area contributed by atoms with E-state index in [9.17, 15) is 4.79 Å². The van der Waals surface area contributed by atoms with Crippen LogP contribution in [0.25, 0.3) is 11.3 Å². The molecule has 2 rings (SSSR count). The minimum absolute atomic E-state index is 0. The Morgan fingerprint density at radius 3 is 2.67 bits per heavy atom. The van der Waals surface area contributed by atoms with Crippen molar-refractivity contribution in [3.8, 4) is 17.0 Å². The topological polar surface area (TPSA) is 40.5 Å². The average Bonchev–Trinajstić information content (AvgIpc) is 2.43. The third-order valence-electron chi connectivity index (χ3n) is 3.12. The van der Waals surface area contributed by atoms with E-state index in [2.05, 4.69) is 6.07 Å². The quantitative estimate of drug-likeness (QED) is 0.606. The van der Waals surface area contributed by atoms with Crippen LogP contribution in [0.3, 0.4) is 0 Å². The molecule has 0 bridgehead atoms. The normalized spacial score (nSPS) is 10.0. The van der Waals surface area contributed by atoms with Gasteiger partial charge < -0.3 is 14.0 Å². The zero-order valence-corrected chi connectivity index (χ0v) is 15.4. The van der Waals surface area contributed by atoms with Gasteiger partial charge in [-0.05, 0) is 12.1 Å². The number of hydrogen-bond acceptors (Lipinski definition) is 3. The standard InChI is InChI=1S/C16H18NO3.Y/c1-12-11-13(20-10-9-19-3)7-8-14(12)15-5-4-6-16(18)17(15)2;/h4,6-8,11H,9-10H2,1-3H3;/q-1;. The van der Waals surface area contributed by atoms with Gasteiger partial charge in [-0.1, -0.05) is 29.8 Å². The van der Waals surface area contributed by atoms with Crippen molar-refractivity contribution in [2.24, 2.45) is 7.05 Å². The van der Waals surface area contributed by atoms with Crippen LogP contribution < -0.4 is 10.3 Å². The number of rotatable bonds is 5. The molecule has 0 aliphatic carbocycles. The van der Waals surface area contributed by atoms with Gasteiger partial charge in [0.1, 0.15) is 12.4 Å². The van der Waals surface area contributed by atoms with Gasteiger partial charge in [-0.25, -0.2) is 0 Å². The first-order valence-electron chi connectivity index (χ1n) is 6.44. The first-order chi connectivity index (χ1) is 9.63. The molecule has 1 aromatic heterocycles. The van der Waals surface area contributed by atoms with Crippen molar-refractivity contribution in [3.05, 3.63) is 52.3 Å². The monoisotopic (exact) mass is 361 g/mol. The van der Waals surface area contributed by atoms with Crippen molar-refractivity contribution in [1.82, 2.24) is 4.57 Å². The van der Waals surface area contributed by atoms with Crippen LogP contribution in [-0.4, -0.2) is 24.9 Å². The molecule has 0 unspecified atom stereocenters. The zero-order chi connectivity index (χ0) is 14.5. The van der Waals surface area contributed by atoms with Crippen LogP contribution >= 0.6 is 0 Å². The smallest absolute Gasteiger partial charge is 0.194 e. The predicted molar refractivity (Wildman–Crippen MR) is 78.1 cm³/mol. The van der Waals surface area contributed by atoms with Gasteiger partial charge in [0.2, 0.25) is 0 Å². The van der Waals surface area contributed by atoms with Gasteiger partial charge in [0.25, 0.3) is 0 Å². The van der Waals surface area contributed by atoms with Gasteiger partial charge in [-0.3, -0.25) is 4.79 Å². The fraction of sp³-hybridized carbons (Fsp3) is 0.312. The molecule has 4 nitrogen and oxygen atoms in total. The Labute approximate surface area is 150 Å². The van der Waals surface area contributed by atoms with Gasteiger partial charge in [-0.15, -0.1) is 6.07 Å². The van der Waals surface area contributed by atoms with E-state index < -0.39 is 0 Å². The summed E-state index contributed by atoms with van der Waals surface area (Å²) in [7, 11) is 3.39. The molecule has 1 aromatic carbocycles. The van der Waals surface area contributed by atoms with Crippen molar-refractivity contribution in [1.29, 1.82) is 0 Å². The van der Waals surface area contributed by atoms with E-state index >= 15 is 0 Å². The number of methoxy groups -OCH3 is 1. The van der Waals surface area contributed by atoms with E-state index in [-0.39, 0.29) is 38.3 Å². The Balaban J connectivity index is 0.00000220. The van der Waals surface area contributed by atoms with Crippen molar-refractivity contribution < 1.29 is 42.2 Å². The fourth-order valence-corrected chi connectivity index (χ4v) is 2.00. The van der Waals surface area contributed by atoms with Gasteiger partial charge in [0, 0.05) is 46.9 Å². The molecule has 1 heterocycles. The Kier molecular flexibility index (Phi) is 7.29. The van der Waals surface area contributed by atoms with Crippen molar-refractivity contribution in [3.63, 3.8) is 0 Å². The van der Waals surface area contributed by atoms with Gasteiger partial charge in [-0.2, -0.15) is 12.1 Å². The molecular weight excluding hydrogens is 343 g/mol. The fourth-order valence-electron chi connectivity index (χ4n) is 2.00. The Morgan fingerprint density at radius 2 is 2.00 bits per heavy atom. The molecule has 0 amide bonds. The molecule has 0 saturated carbocycles. The van der Waals surface area contributed by atoms with Gasteiger partial charge >= 0.3 is 0 Å². The average molecular weight is 361 g/mol. The minimum Gasteiger partial charge on any atom is -0.491 e. The second-order valence-corrected chi connectivity index (χ2v) is 4.54. The molecule has 109 valence electrons. The van der Waals surface area contributed by atoms with Crippen molar-refractivity contribution >= 4 is 0 Å². The maximum absolute atomic E-state index is 11.7. The third kappa shape index (κ3) is 4.50. The molecule has 2 aromatic rings. The second-order valence-electron chi connectivity index (χ2n) is 4.54. The van der Waals surface area contributed by atoms with E-state index in [4.69, 9.17) is 9.47 Å². The van der Waals surface area contributed by atoms with Crippen LogP contribution in [0.1, 0.15) is 5.56 Å². The number of ether oxygens (including phenoxy) is 2. The Bertz CT molecular complexity index is 652. The summed E-state index contributed by atoms with van der Waals surface area (Å²) in [5, 5.41) is 0. The molecule has 0 saturated heterocycles. The number of aryl methyl sites for hydroxylation is 1. The van der Waals surface area contributed by atoms with Gasteiger partial charge in [0.05, 0.1) is 6.61 Å². The summed E-state index contributed by atoms with van der Waals surface area (Å²) in [5.74, 6) is 0.796. The van der Waals surface area contributed by atoms with Crippen LogP contribution in [0.4, 0.5) is 0 Å². The molecule has 1 radical (unpaired) electrons. The van der Waals surface area contributed by atoms with Crippen molar-refractivity contribution in [2.45, 2.75) is 6.92 Å². The summed E-state index contributed by atoms with van der Waals surface area (Å²) in [4.78, 5) is 11.7. The number of nitrogens with zero attached hydrogens (tertiary/aromatic N) is 1. The van der Waals surface area contributed by atoms with Crippen LogP contribution in [0.15, 0.2) is 35.1 Å². The largest absolute Gasteiger partial charge is 0.491 e. The van der Waals surface area contributed by atoms with E-state index in [0.717, 1.165) is 22.6 Å². The van der Waals surface area contributed by atoms with Crippen LogP contribution in [0, 0.1) is 13.0 Å². The van der Waals surface area contributed by atoms with E-state index in [1.165, 1.54) is 6.07 Å². The molecule has 0 spiro atoms. The first kappa shape index (κ1) is 18.1. The summed E-state index contributed by atoms with van der Waals surface area (Å²) in [6.07, 6.45) is 0. The first-order valence-corrected chi connectivity index (χ1v) is 6.44. The molecule has 0 N–H and O–H groups in total. The molecule has 0 aliphatic rings. The zero-order valence-electron chi connectivity index (χ0n) is 12.6. The number of hydrogen-bond donors (Lipinski definition) is 0. The Morgan fingerprint density at radius 1 is 1.24 bits per heavy atom. The van der Waals surface area contributed by atoms with Gasteiger partial charge in [0.15, 0.2) is 5.56 Å². The molecule has 0 fully saturated rings. The summed E-state index contributed by atoms with van der Waals surface area (Å²) in [6, 6.07) is 12.1. The van der Waals surface area contributed by atoms with E-state index in [1.807, 2.05) is 25.1 Å². The minimum atomic E-state index is -0.0430. The summed E-state index contributed by atoms with van der Waals surface area (Å²) in [5.41, 5.74) is 2.75. The Hall–Kier alpha value is -0.966. The number of pyridine rings is 1. The summed E-state index contributed by atoms with van der Waals surface area (Å²) < 4.78 is 12.1. The number of benzene rings is 1. The second kappa shape index (κ2) is 8.47. The molecule has 0 atom stereocenters. The van der Waals surface area contributed by atoms with Crippen LogP contribution in [0.5, 0.6) is 5.75 Å². The number of aromatic nitrogens is 1. The van der Waals surface area contributed by atoms with Crippen LogP contribution in [0.2, 0.25) is 0 Å².